The molecule has 0 aliphatic rings. The fourth-order valence-corrected chi connectivity index (χ4v) is 0.992. The average Bonchev–Trinajstić information content (AvgIpc) is 2.11. The van der Waals surface area contributed by atoms with Gasteiger partial charge >= 0.3 is 0 Å². The summed E-state index contributed by atoms with van der Waals surface area (Å²) in [5.41, 5.74) is 1.05. The number of aryl methyl sites for hydroxylation is 1. The highest BCUT2D eigenvalue weighted by atomic mass is 16.3. The summed E-state index contributed by atoms with van der Waals surface area (Å²) in [7, 11) is 0. The number of hydrogen-bond acceptors (Lipinski definition) is 2. The van der Waals surface area contributed by atoms with E-state index in [0.717, 1.165) is 18.4 Å². The number of para-hydroxylation sites is 1. The van der Waals surface area contributed by atoms with Gasteiger partial charge in [0.1, 0.15) is 5.75 Å². The molecule has 1 aromatic carbocycles. The van der Waals surface area contributed by atoms with Crippen LogP contribution in [0.5, 0.6) is 5.75 Å². The van der Waals surface area contributed by atoms with Crippen molar-refractivity contribution in [2.75, 3.05) is 0 Å². The summed E-state index contributed by atoms with van der Waals surface area (Å²) in [6.45, 7) is 1.85. The van der Waals surface area contributed by atoms with Crippen molar-refractivity contribution >= 4 is 6.47 Å². The Morgan fingerprint density at radius 1 is 1.38 bits per heavy atom. The second-order valence-electron chi connectivity index (χ2n) is 2.48. The van der Waals surface area contributed by atoms with Gasteiger partial charge in [-0.15, -0.1) is 0 Å². The zero-order valence-electron chi connectivity index (χ0n) is 7.60. The highest BCUT2D eigenvalue weighted by Crippen LogP contribution is 2.16. The molecular weight excluding hydrogens is 168 g/mol. The summed E-state index contributed by atoms with van der Waals surface area (Å²) < 4.78 is 0. The van der Waals surface area contributed by atoms with Gasteiger partial charge in [0.2, 0.25) is 0 Å². The molecule has 13 heavy (non-hydrogen) atoms. The molecule has 3 nitrogen and oxygen atoms in total. The number of aromatic hydroxyl groups is 1. The first-order valence-corrected chi connectivity index (χ1v) is 4.11. The molecule has 0 bridgehead atoms. The number of carbonyl (C=O) groups is 1. The van der Waals surface area contributed by atoms with Crippen molar-refractivity contribution in [3.8, 4) is 5.75 Å². The van der Waals surface area contributed by atoms with Crippen molar-refractivity contribution in [3.63, 3.8) is 0 Å². The van der Waals surface area contributed by atoms with E-state index in [-0.39, 0.29) is 6.47 Å². The van der Waals surface area contributed by atoms with Gasteiger partial charge in [-0.05, 0) is 18.1 Å². The van der Waals surface area contributed by atoms with Gasteiger partial charge in [0.25, 0.3) is 6.47 Å². The van der Waals surface area contributed by atoms with E-state index < -0.39 is 0 Å². The molecular formula is C10H14O3. The Kier molecular flexibility index (Phi) is 6.32. The molecule has 3 heteroatoms. The Bertz CT molecular complexity index is 246. The van der Waals surface area contributed by atoms with Gasteiger partial charge in [-0.2, -0.15) is 0 Å². The lowest BCUT2D eigenvalue weighted by Crippen LogP contribution is -1.81. The average molecular weight is 182 g/mol. The predicted molar refractivity (Wildman–Crippen MR) is 50.8 cm³/mol. The summed E-state index contributed by atoms with van der Waals surface area (Å²) in [5.74, 6) is 0.421. The number of phenols is 1. The Labute approximate surface area is 77.6 Å². The minimum Gasteiger partial charge on any atom is -0.508 e. The van der Waals surface area contributed by atoms with Crippen molar-refractivity contribution in [2.24, 2.45) is 0 Å². The molecule has 0 amide bonds. The van der Waals surface area contributed by atoms with Crippen molar-refractivity contribution in [1.82, 2.24) is 0 Å². The first-order valence-electron chi connectivity index (χ1n) is 4.11. The Morgan fingerprint density at radius 3 is 2.38 bits per heavy atom. The molecule has 0 spiro atoms. The molecule has 0 aliphatic heterocycles. The van der Waals surface area contributed by atoms with E-state index in [1.807, 2.05) is 18.2 Å². The predicted octanol–water partition coefficient (Wildman–Crippen LogP) is 2.05. The van der Waals surface area contributed by atoms with Gasteiger partial charge in [-0.3, -0.25) is 4.79 Å². The van der Waals surface area contributed by atoms with Gasteiger partial charge in [0.15, 0.2) is 0 Å². The van der Waals surface area contributed by atoms with Crippen LogP contribution < -0.4 is 0 Å². The third-order valence-corrected chi connectivity index (χ3v) is 1.51. The van der Waals surface area contributed by atoms with Gasteiger partial charge in [-0.1, -0.05) is 31.5 Å². The van der Waals surface area contributed by atoms with Crippen molar-refractivity contribution in [2.45, 2.75) is 19.8 Å². The Hall–Kier alpha value is -1.51. The lowest BCUT2D eigenvalue weighted by atomic mass is 10.1. The molecule has 0 atom stereocenters. The van der Waals surface area contributed by atoms with Crippen LogP contribution in [0.1, 0.15) is 18.9 Å². The molecule has 1 aromatic rings. The van der Waals surface area contributed by atoms with Crippen LogP contribution in [-0.2, 0) is 11.2 Å². The molecule has 72 valence electrons. The number of hydrogen-bond donors (Lipinski definition) is 2. The van der Waals surface area contributed by atoms with Crippen molar-refractivity contribution < 1.29 is 15.0 Å². The molecule has 1 rings (SSSR count). The van der Waals surface area contributed by atoms with Crippen LogP contribution in [0.2, 0.25) is 0 Å². The molecule has 0 unspecified atom stereocenters. The monoisotopic (exact) mass is 182 g/mol. The molecule has 0 aliphatic carbocycles. The SMILES string of the molecule is CCCc1ccccc1O.O=CO. The van der Waals surface area contributed by atoms with Crippen LogP contribution in [0.4, 0.5) is 0 Å². The van der Waals surface area contributed by atoms with Gasteiger partial charge < -0.3 is 10.2 Å². The normalized spacial score (nSPS) is 8.38. The maximum atomic E-state index is 9.24. The summed E-state index contributed by atoms with van der Waals surface area (Å²) in [6, 6.07) is 7.48. The zero-order chi connectivity index (χ0) is 10.1. The van der Waals surface area contributed by atoms with E-state index in [9.17, 15) is 5.11 Å². The van der Waals surface area contributed by atoms with Crippen LogP contribution in [0.15, 0.2) is 24.3 Å². The van der Waals surface area contributed by atoms with Crippen LogP contribution >= 0.6 is 0 Å². The number of benzene rings is 1. The summed E-state index contributed by atoms with van der Waals surface area (Å²) in [4.78, 5) is 8.36. The van der Waals surface area contributed by atoms with E-state index >= 15 is 0 Å². The quantitative estimate of drug-likeness (QED) is 0.688. The standard InChI is InChI=1S/C9H12O.CH2O2/c1-2-5-8-6-3-4-7-9(8)10;2-1-3/h3-4,6-7,10H,2,5H2,1H3;1H,(H,2,3). The third kappa shape index (κ3) is 4.85. The molecule has 2 N–H and O–H groups in total. The summed E-state index contributed by atoms with van der Waals surface area (Å²) in [5, 5.41) is 16.1. The van der Waals surface area contributed by atoms with Gasteiger partial charge in [0, 0.05) is 0 Å². The number of rotatable bonds is 2. The lowest BCUT2D eigenvalue weighted by molar-refractivity contribution is -0.122. The lowest BCUT2D eigenvalue weighted by Gasteiger charge is -1.99. The first kappa shape index (κ1) is 11.5. The van der Waals surface area contributed by atoms with E-state index in [2.05, 4.69) is 6.92 Å². The van der Waals surface area contributed by atoms with Crippen LogP contribution in [0, 0.1) is 0 Å². The van der Waals surface area contributed by atoms with Crippen LogP contribution in [0.25, 0.3) is 0 Å². The third-order valence-electron chi connectivity index (χ3n) is 1.51. The molecule has 0 heterocycles. The second-order valence-corrected chi connectivity index (χ2v) is 2.48. The highest BCUT2D eigenvalue weighted by Gasteiger charge is 1.95. The number of phenolic OH excluding ortho intramolecular Hbond substituents is 1. The van der Waals surface area contributed by atoms with Gasteiger partial charge in [0.05, 0.1) is 0 Å². The summed E-state index contributed by atoms with van der Waals surface area (Å²) in [6.07, 6.45) is 2.05. The summed E-state index contributed by atoms with van der Waals surface area (Å²) >= 11 is 0. The highest BCUT2D eigenvalue weighted by molar-refractivity contribution is 5.32. The minimum absolute atomic E-state index is 0.250. The first-order chi connectivity index (χ1) is 6.26. The fraction of sp³-hybridized carbons (Fsp3) is 0.300. The molecule has 0 saturated heterocycles. The largest absolute Gasteiger partial charge is 0.508 e. The molecule has 0 saturated carbocycles. The Morgan fingerprint density at radius 2 is 1.92 bits per heavy atom. The maximum Gasteiger partial charge on any atom is 0.290 e. The zero-order valence-corrected chi connectivity index (χ0v) is 7.60. The van der Waals surface area contributed by atoms with E-state index in [1.165, 1.54) is 0 Å². The van der Waals surface area contributed by atoms with Crippen LogP contribution in [0.3, 0.4) is 0 Å². The molecule has 0 radical (unpaired) electrons. The topological polar surface area (TPSA) is 57.5 Å². The number of carboxylic acid groups (broad SMARTS) is 1. The van der Waals surface area contributed by atoms with Gasteiger partial charge in [-0.25, -0.2) is 0 Å². The van der Waals surface area contributed by atoms with E-state index in [1.54, 1.807) is 6.07 Å². The second kappa shape index (κ2) is 7.16. The molecule has 0 aromatic heterocycles. The maximum absolute atomic E-state index is 9.24. The fourth-order valence-electron chi connectivity index (χ4n) is 0.992. The van der Waals surface area contributed by atoms with Crippen LogP contribution in [-0.4, -0.2) is 16.7 Å². The van der Waals surface area contributed by atoms with E-state index in [0.29, 0.717) is 5.75 Å². The van der Waals surface area contributed by atoms with Crippen molar-refractivity contribution in [3.05, 3.63) is 29.8 Å². The Balaban J connectivity index is 0.000000424. The smallest absolute Gasteiger partial charge is 0.290 e. The molecule has 0 fully saturated rings. The minimum atomic E-state index is -0.250. The van der Waals surface area contributed by atoms with Crippen molar-refractivity contribution in [1.29, 1.82) is 0 Å². The van der Waals surface area contributed by atoms with E-state index in [4.69, 9.17) is 9.90 Å².